The van der Waals surface area contributed by atoms with Crippen LogP contribution in [-0.2, 0) is 4.84 Å². The molecule has 3 atom stereocenters. The summed E-state index contributed by atoms with van der Waals surface area (Å²) in [6, 6.07) is 19.6. The van der Waals surface area contributed by atoms with Crippen molar-refractivity contribution in [2.45, 2.75) is 44.6 Å². The van der Waals surface area contributed by atoms with Gasteiger partial charge in [-0.2, -0.15) is 0 Å². The van der Waals surface area contributed by atoms with Crippen LogP contribution in [0.1, 0.15) is 48.3 Å². The van der Waals surface area contributed by atoms with Gasteiger partial charge >= 0.3 is 0 Å². The minimum atomic E-state index is 0.404. The van der Waals surface area contributed by atoms with Crippen molar-refractivity contribution in [3.05, 3.63) is 83.9 Å². The van der Waals surface area contributed by atoms with E-state index in [9.17, 15) is 0 Å². The monoisotopic (exact) mass is 390 g/mol. The summed E-state index contributed by atoms with van der Waals surface area (Å²) < 4.78 is 0. The second-order valence-electron chi connectivity index (χ2n) is 8.34. The van der Waals surface area contributed by atoms with E-state index >= 15 is 0 Å². The smallest absolute Gasteiger partial charge is 0.122 e. The zero-order valence-electron chi connectivity index (χ0n) is 18.1. The fraction of sp³-hybridized carbons (Fsp3) is 0.423. The Morgan fingerprint density at radius 1 is 1.07 bits per heavy atom. The number of nitrogens with zero attached hydrogens (tertiary/aromatic N) is 2. The fourth-order valence-corrected chi connectivity index (χ4v) is 4.52. The van der Waals surface area contributed by atoms with Crippen molar-refractivity contribution in [2.75, 3.05) is 20.7 Å². The summed E-state index contributed by atoms with van der Waals surface area (Å²) in [7, 11) is 4.38. The molecule has 154 valence electrons. The first-order valence-electron chi connectivity index (χ1n) is 10.7. The number of benzene rings is 2. The number of hydrogen-bond acceptors (Lipinski definition) is 3. The Hall–Kier alpha value is -2.39. The second kappa shape index (κ2) is 10.4. The average molecular weight is 391 g/mol. The highest BCUT2D eigenvalue weighted by Crippen LogP contribution is 2.38. The van der Waals surface area contributed by atoms with Gasteiger partial charge in [0.05, 0.1) is 0 Å². The molecule has 3 heteroatoms. The standard InChI is InChI=1S/C26H34N2O/c1-5-25(22-11-7-6-8-12-22)27-29-19-24-23(21-17-15-20(2)16-18-21)13-9-10-14-26(24)28(3)4/h5-8,11-12,15-18,23-24,26H,1,9-10,13-14,19H2,2-4H3/b27-25+/t23-,24+,26?/m1/s1. The molecule has 1 saturated carbocycles. The summed E-state index contributed by atoms with van der Waals surface area (Å²) in [4.78, 5) is 8.35. The maximum Gasteiger partial charge on any atom is 0.122 e. The molecule has 0 N–H and O–H groups in total. The van der Waals surface area contributed by atoms with Crippen LogP contribution in [0.25, 0.3) is 0 Å². The normalized spacial score (nSPS) is 22.9. The van der Waals surface area contributed by atoms with E-state index in [4.69, 9.17) is 4.84 Å². The van der Waals surface area contributed by atoms with Gasteiger partial charge in [-0.1, -0.05) is 84.7 Å². The van der Waals surface area contributed by atoms with E-state index in [1.807, 2.05) is 30.3 Å². The Balaban J connectivity index is 1.82. The molecule has 3 nitrogen and oxygen atoms in total. The third-order valence-corrected chi connectivity index (χ3v) is 6.14. The highest BCUT2D eigenvalue weighted by atomic mass is 16.6. The van der Waals surface area contributed by atoms with Crippen molar-refractivity contribution >= 4 is 5.71 Å². The molecular weight excluding hydrogens is 356 g/mol. The number of rotatable bonds is 7. The molecule has 29 heavy (non-hydrogen) atoms. The lowest BCUT2D eigenvalue weighted by Crippen LogP contribution is -2.39. The number of aryl methyl sites for hydroxylation is 1. The molecule has 0 radical (unpaired) electrons. The van der Waals surface area contributed by atoms with E-state index in [1.165, 1.54) is 36.8 Å². The van der Waals surface area contributed by atoms with Gasteiger partial charge in [-0.3, -0.25) is 0 Å². The predicted molar refractivity (Wildman–Crippen MR) is 122 cm³/mol. The second-order valence-corrected chi connectivity index (χ2v) is 8.34. The van der Waals surface area contributed by atoms with Gasteiger partial charge in [-0.15, -0.1) is 0 Å². The van der Waals surface area contributed by atoms with Gasteiger partial charge in [0, 0.05) is 17.5 Å². The molecule has 0 aliphatic heterocycles. The van der Waals surface area contributed by atoms with Crippen molar-refractivity contribution in [3.8, 4) is 0 Å². The van der Waals surface area contributed by atoms with Gasteiger partial charge < -0.3 is 9.74 Å². The number of oxime groups is 1. The first kappa shape index (κ1) is 21.3. The molecule has 2 aromatic carbocycles. The Bertz CT molecular complexity index is 795. The molecule has 2 aromatic rings. The molecule has 1 fully saturated rings. The molecule has 0 aromatic heterocycles. The third-order valence-electron chi connectivity index (χ3n) is 6.14. The van der Waals surface area contributed by atoms with Crippen molar-refractivity contribution in [3.63, 3.8) is 0 Å². The van der Waals surface area contributed by atoms with Crippen molar-refractivity contribution in [1.29, 1.82) is 0 Å². The lowest BCUT2D eigenvalue weighted by Gasteiger charge is -2.35. The molecule has 3 rings (SSSR count). The van der Waals surface area contributed by atoms with Crippen molar-refractivity contribution in [2.24, 2.45) is 11.1 Å². The molecule has 0 amide bonds. The summed E-state index contributed by atoms with van der Waals surface area (Å²) in [6.45, 7) is 6.68. The Morgan fingerprint density at radius 2 is 1.76 bits per heavy atom. The lowest BCUT2D eigenvalue weighted by atomic mass is 9.80. The van der Waals surface area contributed by atoms with Gasteiger partial charge in [-0.05, 0) is 51.4 Å². The summed E-state index contributed by atoms with van der Waals surface area (Å²) in [6.07, 6.45) is 6.72. The maximum atomic E-state index is 5.98. The summed E-state index contributed by atoms with van der Waals surface area (Å²) in [5.74, 6) is 0.894. The Labute approximate surface area is 176 Å². The first-order chi connectivity index (χ1) is 14.1. The van der Waals surface area contributed by atoms with E-state index in [-0.39, 0.29) is 0 Å². The van der Waals surface area contributed by atoms with E-state index in [2.05, 4.69) is 61.9 Å². The van der Waals surface area contributed by atoms with Crippen LogP contribution in [0.3, 0.4) is 0 Å². The third kappa shape index (κ3) is 5.57. The summed E-state index contributed by atoms with van der Waals surface area (Å²) in [5, 5.41) is 4.45. The first-order valence-corrected chi connectivity index (χ1v) is 10.7. The topological polar surface area (TPSA) is 24.8 Å². The zero-order valence-corrected chi connectivity index (χ0v) is 18.1. The highest BCUT2D eigenvalue weighted by molar-refractivity contribution is 6.07. The molecule has 1 aliphatic carbocycles. The quantitative estimate of drug-likeness (QED) is 0.339. The number of hydrogen-bond donors (Lipinski definition) is 0. The van der Waals surface area contributed by atoms with Gasteiger partial charge in [0.15, 0.2) is 0 Å². The zero-order chi connectivity index (χ0) is 20.6. The van der Waals surface area contributed by atoms with Crippen LogP contribution >= 0.6 is 0 Å². The molecule has 1 unspecified atom stereocenters. The minimum Gasteiger partial charge on any atom is -0.395 e. The fourth-order valence-electron chi connectivity index (χ4n) is 4.52. The molecular formula is C26H34N2O. The summed E-state index contributed by atoms with van der Waals surface area (Å²) >= 11 is 0. The predicted octanol–water partition coefficient (Wildman–Crippen LogP) is 5.81. The van der Waals surface area contributed by atoms with Crippen LogP contribution < -0.4 is 0 Å². The molecule has 1 aliphatic rings. The van der Waals surface area contributed by atoms with Gasteiger partial charge in [0.1, 0.15) is 12.3 Å². The Morgan fingerprint density at radius 3 is 2.41 bits per heavy atom. The van der Waals surface area contributed by atoms with Crippen LogP contribution in [0.15, 0.2) is 72.4 Å². The Kier molecular flexibility index (Phi) is 7.65. The molecule has 0 saturated heterocycles. The van der Waals surface area contributed by atoms with Gasteiger partial charge in [0.2, 0.25) is 0 Å². The van der Waals surface area contributed by atoms with E-state index < -0.39 is 0 Å². The molecule has 0 spiro atoms. The van der Waals surface area contributed by atoms with Gasteiger partial charge in [-0.25, -0.2) is 0 Å². The van der Waals surface area contributed by atoms with Crippen LogP contribution in [0, 0.1) is 12.8 Å². The van der Waals surface area contributed by atoms with Crippen molar-refractivity contribution in [1.82, 2.24) is 4.90 Å². The van der Waals surface area contributed by atoms with Crippen LogP contribution in [0.4, 0.5) is 0 Å². The lowest BCUT2D eigenvalue weighted by molar-refractivity contribution is 0.0552. The largest absolute Gasteiger partial charge is 0.395 e. The molecule has 0 heterocycles. The van der Waals surface area contributed by atoms with E-state index in [0.29, 0.717) is 24.5 Å². The average Bonchev–Trinajstić information content (AvgIpc) is 2.95. The van der Waals surface area contributed by atoms with E-state index in [1.54, 1.807) is 6.08 Å². The SMILES string of the molecule is C=C/C(=N\OC[C@@H]1C(N(C)C)CCCC[C@@H]1c1ccc(C)cc1)c1ccccc1. The molecule has 0 bridgehead atoms. The number of allylic oxidation sites excluding steroid dienone is 1. The van der Waals surface area contributed by atoms with Crippen LogP contribution in [-0.4, -0.2) is 37.4 Å². The summed E-state index contributed by atoms with van der Waals surface area (Å²) in [5.41, 5.74) is 4.55. The van der Waals surface area contributed by atoms with Crippen LogP contribution in [0.5, 0.6) is 0 Å². The van der Waals surface area contributed by atoms with Crippen molar-refractivity contribution < 1.29 is 4.84 Å². The van der Waals surface area contributed by atoms with E-state index in [0.717, 1.165) is 11.3 Å². The highest BCUT2D eigenvalue weighted by Gasteiger charge is 2.34. The maximum absolute atomic E-state index is 5.98. The van der Waals surface area contributed by atoms with Crippen LogP contribution in [0.2, 0.25) is 0 Å². The van der Waals surface area contributed by atoms with Gasteiger partial charge in [0.25, 0.3) is 0 Å². The minimum absolute atomic E-state index is 0.404.